The van der Waals surface area contributed by atoms with E-state index < -0.39 is 17.0 Å². The van der Waals surface area contributed by atoms with Gasteiger partial charge in [-0.15, -0.1) is 0 Å². The van der Waals surface area contributed by atoms with E-state index in [4.69, 9.17) is 0 Å². The summed E-state index contributed by atoms with van der Waals surface area (Å²) in [6.45, 7) is 2.33. The molecule has 176 valence electrons. The zero-order valence-corrected chi connectivity index (χ0v) is 20.0. The molecule has 4 rings (SSSR count). The number of benzene rings is 3. The normalized spacial score (nSPS) is 16.7. The summed E-state index contributed by atoms with van der Waals surface area (Å²) in [7, 11) is 0. The largest absolute Gasteiger partial charge is 0.351 e. The van der Waals surface area contributed by atoms with Crippen LogP contribution in [0.3, 0.4) is 0 Å². The number of nitrogens with one attached hydrogen (secondary N) is 1. The molecule has 0 spiro atoms. The highest BCUT2D eigenvalue weighted by Gasteiger charge is 2.40. The zero-order chi connectivity index (χ0) is 24.8. The molecule has 0 bridgehead atoms. The first-order valence-corrected chi connectivity index (χ1v) is 12.1. The number of rotatable bonds is 7. The van der Waals surface area contributed by atoms with Gasteiger partial charge in [0.1, 0.15) is 22.5 Å². The van der Waals surface area contributed by atoms with Crippen LogP contribution in [0.15, 0.2) is 89.5 Å². The van der Waals surface area contributed by atoms with Gasteiger partial charge >= 0.3 is 0 Å². The van der Waals surface area contributed by atoms with Crippen LogP contribution < -0.4 is 10.2 Å². The van der Waals surface area contributed by atoms with E-state index in [0.29, 0.717) is 25.1 Å². The van der Waals surface area contributed by atoms with E-state index in [1.807, 2.05) is 67.6 Å². The SMILES string of the molecule is Cc1ccccc1CC1SC(=C(C#N)C(=O)NCCc2ccccc2)N(c2ccc(F)cc2)C1=O. The van der Waals surface area contributed by atoms with Crippen LogP contribution in [-0.4, -0.2) is 23.6 Å². The molecule has 1 heterocycles. The first kappa shape index (κ1) is 24.2. The first-order chi connectivity index (χ1) is 17.0. The lowest BCUT2D eigenvalue weighted by atomic mass is 10.0. The standard InChI is InChI=1S/C28H24FN3O2S/c1-19-7-5-6-10-21(19)17-25-27(34)32(23-13-11-22(29)12-14-23)28(35-25)24(18-30)26(33)31-16-15-20-8-3-2-4-9-20/h2-14,25H,15-17H2,1H3,(H,31,33). The fourth-order valence-electron chi connectivity index (χ4n) is 3.90. The van der Waals surface area contributed by atoms with Crippen molar-refractivity contribution in [1.29, 1.82) is 5.26 Å². The monoisotopic (exact) mass is 485 g/mol. The van der Waals surface area contributed by atoms with Crippen molar-refractivity contribution in [1.82, 2.24) is 5.32 Å². The van der Waals surface area contributed by atoms with Crippen molar-refractivity contribution in [3.8, 4) is 6.07 Å². The number of halogens is 1. The molecule has 35 heavy (non-hydrogen) atoms. The molecule has 0 radical (unpaired) electrons. The van der Waals surface area contributed by atoms with Gasteiger partial charge in [-0.05, 0) is 60.7 Å². The number of hydrogen-bond donors (Lipinski definition) is 1. The molecule has 5 nitrogen and oxygen atoms in total. The molecule has 1 unspecified atom stereocenters. The predicted molar refractivity (Wildman–Crippen MR) is 136 cm³/mol. The Morgan fingerprint density at radius 3 is 2.43 bits per heavy atom. The molecular formula is C28H24FN3O2S. The van der Waals surface area contributed by atoms with Gasteiger partial charge in [-0.1, -0.05) is 66.4 Å². The number of thioether (sulfide) groups is 1. The molecule has 0 aliphatic carbocycles. The van der Waals surface area contributed by atoms with Crippen LogP contribution >= 0.6 is 11.8 Å². The van der Waals surface area contributed by atoms with Crippen LogP contribution in [-0.2, 0) is 22.4 Å². The van der Waals surface area contributed by atoms with Crippen LogP contribution in [0.4, 0.5) is 10.1 Å². The van der Waals surface area contributed by atoms with Crippen molar-refractivity contribution in [3.05, 3.63) is 112 Å². The summed E-state index contributed by atoms with van der Waals surface area (Å²) in [6.07, 6.45) is 1.07. The fraction of sp³-hybridized carbons (Fsp3) is 0.179. The summed E-state index contributed by atoms with van der Waals surface area (Å²) in [6, 6.07) is 25.0. The van der Waals surface area contributed by atoms with E-state index in [2.05, 4.69) is 5.32 Å². The van der Waals surface area contributed by atoms with E-state index in [-0.39, 0.29) is 16.5 Å². The summed E-state index contributed by atoms with van der Waals surface area (Å²) in [5.74, 6) is -1.22. The lowest BCUT2D eigenvalue weighted by Crippen LogP contribution is -2.32. The summed E-state index contributed by atoms with van der Waals surface area (Å²) >= 11 is 1.20. The van der Waals surface area contributed by atoms with Crippen molar-refractivity contribution in [2.75, 3.05) is 11.4 Å². The maximum Gasteiger partial charge on any atom is 0.264 e. The van der Waals surface area contributed by atoms with Crippen molar-refractivity contribution in [2.45, 2.75) is 25.0 Å². The molecule has 1 fully saturated rings. The second-order valence-electron chi connectivity index (χ2n) is 8.17. The second-order valence-corrected chi connectivity index (χ2v) is 9.36. The van der Waals surface area contributed by atoms with Crippen molar-refractivity contribution in [3.63, 3.8) is 0 Å². The van der Waals surface area contributed by atoms with Gasteiger partial charge in [0.25, 0.3) is 5.91 Å². The molecule has 7 heteroatoms. The van der Waals surface area contributed by atoms with Crippen molar-refractivity contribution in [2.24, 2.45) is 0 Å². The first-order valence-electron chi connectivity index (χ1n) is 11.2. The highest BCUT2D eigenvalue weighted by atomic mass is 32.2. The number of nitrogens with zero attached hydrogens (tertiary/aromatic N) is 2. The Bertz CT molecular complexity index is 1300. The third kappa shape index (κ3) is 5.61. The van der Waals surface area contributed by atoms with Gasteiger partial charge in [-0.3, -0.25) is 14.5 Å². The van der Waals surface area contributed by atoms with E-state index in [1.54, 1.807) is 0 Å². The molecule has 1 aliphatic rings. The van der Waals surface area contributed by atoms with Gasteiger partial charge in [0.05, 0.1) is 5.25 Å². The van der Waals surface area contributed by atoms with E-state index in [1.165, 1.54) is 40.9 Å². The molecule has 1 aliphatic heterocycles. The van der Waals surface area contributed by atoms with Gasteiger partial charge in [0.15, 0.2) is 0 Å². The quantitative estimate of drug-likeness (QED) is 0.381. The number of amides is 2. The number of hydrogen-bond acceptors (Lipinski definition) is 4. The van der Waals surface area contributed by atoms with Crippen LogP contribution in [0, 0.1) is 24.1 Å². The Hall–Kier alpha value is -3.89. The molecule has 2 amide bonds. The summed E-state index contributed by atoms with van der Waals surface area (Å²) < 4.78 is 13.6. The number of carbonyl (C=O) groups excluding carboxylic acids is 2. The highest BCUT2D eigenvalue weighted by molar-refractivity contribution is 8.05. The fourth-order valence-corrected chi connectivity index (χ4v) is 5.20. The summed E-state index contributed by atoms with van der Waals surface area (Å²) in [5.41, 5.74) is 3.43. The minimum atomic E-state index is -0.539. The Balaban J connectivity index is 1.62. The molecule has 0 aromatic heterocycles. The highest BCUT2D eigenvalue weighted by Crippen LogP contribution is 2.42. The summed E-state index contributed by atoms with van der Waals surface area (Å²) in [4.78, 5) is 27.9. The number of nitriles is 1. The van der Waals surface area contributed by atoms with Gasteiger partial charge in [-0.2, -0.15) is 5.26 Å². The minimum Gasteiger partial charge on any atom is -0.351 e. The lowest BCUT2D eigenvalue weighted by molar-refractivity contribution is -0.117. The molecule has 1 saturated heterocycles. The van der Waals surface area contributed by atoms with Gasteiger partial charge in [0.2, 0.25) is 5.91 Å². The summed E-state index contributed by atoms with van der Waals surface area (Å²) in [5, 5.41) is 12.5. The molecular weight excluding hydrogens is 461 g/mol. The maximum absolute atomic E-state index is 13.6. The minimum absolute atomic E-state index is 0.131. The molecule has 3 aromatic rings. The average molecular weight is 486 g/mol. The van der Waals surface area contributed by atoms with Crippen LogP contribution in [0.5, 0.6) is 0 Å². The third-order valence-electron chi connectivity index (χ3n) is 5.80. The second kappa shape index (κ2) is 11.0. The van der Waals surface area contributed by atoms with E-state index >= 15 is 0 Å². The molecule has 3 aromatic carbocycles. The maximum atomic E-state index is 13.6. The van der Waals surface area contributed by atoms with E-state index in [9.17, 15) is 19.2 Å². The Morgan fingerprint density at radius 1 is 1.06 bits per heavy atom. The average Bonchev–Trinajstić information content (AvgIpc) is 3.17. The lowest BCUT2D eigenvalue weighted by Gasteiger charge is -2.18. The van der Waals surface area contributed by atoms with Crippen LogP contribution in [0.2, 0.25) is 0 Å². The predicted octanol–water partition coefficient (Wildman–Crippen LogP) is 4.92. The van der Waals surface area contributed by atoms with Gasteiger partial charge in [-0.25, -0.2) is 4.39 Å². The number of aryl methyl sites for hydroxylation is 1. The molecule has 1 atom stereocenters. The molecule has 0 saturated carbocycles. The number of carbonyl (C=O) groups is 2. The smallest absolute Gasteiger partial charge is 0.264 e. The topological polar surface area (TPSA) is 73.2 Å². The van der Waals surface area contributed by atoms with Gasteiger partial charge < -0.3 is 5.32 Å². The third-order valence-corrected chi connectivity index (χ3v) is 7.06. The molecule has 1 N–H and O–H groups in total. The van der Waals surface area contributed by atoms with Crippen molar-refractivity contribution >= 4 is 29.3 Å². The zero-order valence-electron chi connectivity index (χ0n) is 19.2. The van der Waals surface area contributed by atoms with Crippen LogP contribution in [0.1, 0.15) is 16.7 Å². The Kier molecular flexibility index (Phi) is 7.64. The number of anilines is 1. The van der Waals surface area contributed by atoms with Crippen molar-refractivity contribution < 1.29 is 14.0 Å². The van der Waals surface area contributed by atoms with Gasteiger partial charge in [0, 0.05) is 12.2 Å². The Morgan fingerprint density at radius 2 is 1.74 bits per heavy atom. The van der Waals surface area contributed by atoms with Crippen LogP contribution in [0.25, 0.3) is 0 Å². The van der Waals surface area contributed by atoms with E-state index in [0.717, 1.165) is 16.7 Å². The Labute approximate surface area is 208 Å².